The molecule has 1 heterocycles. The summed E-state index contributed by atoms with van der Waals surface area (Å²) in [4.78, 5) is 12.3. The fourth-order valence-electron chi connectivity index (χ4n) is 2.47. The summed E-state index contributed by atoms with van der Waals surface area (Å²) in [5.74, 6) is 1.32. The summed E-state index contributed by atoms with van der Waals surface area (Å²) in [5, 5.41) is 6.80. The Morgan fingerprint density at radius 2 is 2.18 bits per heavy atom. The van der Waals surface area contributed by atoms with E-state index in [0.717, 1.165) is 35.4 Å². The summed E-state index contributed by atoms with van der Waals surface area (Å²) in [5.41, 5.74) is 8.95. The van der Waals surface area contributed by atoms with Crippen LogP contribution in [0.4, 0.5) is 5.69 Å². The van der Waals surface area contributed by atoms with Crippen molar-refractivity contribution in [1.29, 1.82) is 0 Å². The number of carbonyl (C=O) groups excluding carboxylic acids is 1. The molecule has 3 N–H and O–H groups in total. The number of benzene rings is 1. The molecule has 1 saturated carbocycles. The molecule has 0 saturated heterocycles. The second-order valence-electron chi connectivity index (χ2n) is 6.12. The topological polar surface area (TPSA) is 81.1 Å². The van der Waals surface area contributed by atoms with E-state index in [1.807, 2.05) is 18.2 Å². The van der Waals surface area contributed by atoms with Crippen LogP contribution < -0.4 is 11.1 Å². The summed E-state index contributed by atoms with van der Waals surface area (Å²) < 4.78 is 5.23. The average Bonchev–Trinajstić information content (AvgIpc) is 3.24. The van der Waals surface area contributed by atoms with Gasteiger partial charge in [-0.25, -0.2) is 0 Å². The lowest BCUT2D eigenvalue weighted by molar-refractivity contribution is 0.101. The van der Waals surface area contributed by atoms with Gasteiger partial charge in [0.1, 0.15) is 5.76 Å². The van der Waals surface area contributed by atoms with Gasteiger partial charge in [-0.15, -0.1) is 0 Å². The average molecular weight is 299 g/mol. The monoisotopic (exact) mass is 299 g/mol. The minimum absolute atomic E-state index is 0.238. The second kappa shape index (κ2) is 5.93. The van der Waals surface area contributed by atoms with Crippen LogP contribution in [0.25, 0.3) is 0 Å². The number of nitrogens with zero attached hydrogens (tertiary/aromatic N) is 1. The van der Waals surface area contributed by atoms with Crippen molar-refractivity contribution < 1.29 is 9.32 Å². The maximum Gasteiger partial charge on any atom is 0.277 e. The molecule has 0 unspecified atom stereocenters. The van der Waals surface area contributed by atoms with Gasteiger partial charge in [0.05, 0.1) is 0 Å². The third-order valence-corrected chi connectivity index (χ3v) is 3.96. The lowest BCUT2D eigenvalue weighted by Crippen LogP contribution is -2.14. The minimum atomic E-state index is -0.238. The fourth-order valence-corrected chi connectivity index (χ4v) is 2.47. The van der Waals surface area contributed by atoms with Gasteiger partial charge < -0.3 is 15.6 Å². The third-order valence-electron chi connectivity index (χ3n) is 3.96. The highest BCUT2D eigenvalue weighted by Crippen LogP contribution is 2.40. The van der Waals surface area contributed by atoms with Crippen molar-refractivity contribution in [3.8, 4) is 0 Å². The van der Waals surface area contributed by atoms with Gasteiger partial charge in [-0.1, -0.05) is 31.1 Å². The number of carbonyl (C=O) groups is 1. The van der Waals surface area contributed by atoms with E-state index in [2.05, 4.69) is 24.3 Å². The zero-order valence-corrected chi connectivity index (χ0v) is 12.9. The highest BCUT2D eigenvalue weighted by atomic mass is 16.5. The quantitative estimate of drug-likeness (QED) is 0.886. The lowest BCUT2D eigenvalue weighted by atomic mass is 9.98. The van der Waals surface area contributed by atoms with Crippen LogP contribution in [0, 0.1) is 0 Å². The summed E-state index contributed by atoms with van der Waals surface area (Å²) >= 11 is 0. The molecule has 5 nitrogen and oxygen atoms in total. The van der Waals surface area contributed by atoms with Crippen LogP contribution in [0.3, 0.4) is 0 Å². The molecule has 0 spiro atoms. The number of rotatable bonds is 5. The van der Waals surface area contributed by atoms with Crippen molar-refractivity contribution in [3.63, 3.8) is 0 Å². The molecule has 116 valence electrons. The molecule has 1 amide bonds. The molecular weight excluding hydrogens is 278 g/mol. The summed E-state index contributed by atoms with van der Waals surface area (Å²) in [7, 11) is 0. The van der Waals surface area contributed by atoms with Crippen molar-refractivity contribution in [2.45, 2.75) is 45.1 Å². The smallest absolute Gasteiger partial charge is 0.277 e. The van der Waals surface area contributed by atoms with E-state index >= 15 is 0 Å². The normalized spacial score (nSPS) is 14.4. The Morgan fingerprint density at radius 3 is 2.82 bits per heavy atom. The number of nitrogens with two attached hydrogens (primary N) is 1. The number of nitrogens with one attached hydrogen (secondary N) is 1. The molecule has 1 aromatic heterocycles. The number of hydrogen-bond acceptors (Lipinski definition) is 4. The number of hydrogen-bond donors (Lipinski definition) is 2. The molecule has 1 aromatic carbocycles. The molecule has 5 heteroatoms. The van der Waals surface area contributed by atoms with E-state index in [0.29, 0.717) is 24.1 Å². The Morgan fingerprint density at radius 1 is 1.41 bits per heavy atom. The Labute approximate surface area is 129 Å². The van der Waals surface area contributed by atoms with Crippen LogP contribution in [0.5, 0.6) is 0 Å². The van der Waals surface area contributed by atoms with E-state index in [1.165, 1.54) is 0 Å². The largest absolute Gasteiger partial charge is 0.360 e. The standard InChI is InChI=1S/C17H21N3O2/c1-10(2)13-7-11(9-18)3-6-14(13)19-17(21)15-8-16(22-20-15)12-4-5-12/h3,6-8,10,12H,4-5,9,18H2,1-2H3,(H,19,21). The maximum absolute atomic E-state index is 12.3. The molecule has 3 rings (SSSR count). The van der Waals surface area contributed by atoms with E-state index in [4.69, 9.17) is 10.3 Å². The first-order valence-electron chi connectivity index (χ1n) is 7.69. The number of anilines is 1. The van der Waals surface area contributed by atoms with Crippen LogP contribution in [0.1, 0.15) is 65.9 Å². The van der Waals surface area contributed by atoms with Gasteiger partial charge in [0.25, 0.3) is 5.91 Å². The van der Waals surface area contributed by atoms with Gasteiger partial charge in [-0.05, 0) is 36.0 Å². The third kappa shape index (κ3) is 3.04. The fraction of sp³-hybridized carbons (Fsp3) is 0.412. The molecule has 0 aliphatic heterocycles. The van der Waals surface area contributed by atoms with Gasteiger partial charge in [0.15, 0.2) is 5.69 Å². The lowest BCUT2D eigenvalue weighted by Gasteiger charge is -2.14. The minimum Gasteiger partial charge on any atom is -0.360 e. The van der Waals surface area contributed by atoms with Crippen molar-refractivity contribution in [3.05, 3.63) is 46.8 Å². The first kappa shape index (κ1) is 14.8. The predicted molar refractivity (Wildman–Crippen MR) is 84.9 cm³/mol. The van der Waals surface area contributed by atoms with Crippen molar-refractivity contribution in [2.75, 3.05) is 5.32 Å². The molecule has 0 radical (unpaired) electrons. The van der Waals surface area contributed by atoms with E-state index < -0.39 is 0 Å². The molecule has 1 aliphatic carbocycles. The Balaban J connectivity index is 1.80. The van der Waals surface area contributed by atoms with E-state index in [9.17, 15) is 4.79 Å². The SMILES string of the molecule is CC(C)c1cc(CN)ccc1NC(=O)c1cc(C2CC2)on1. The molecule has 0 atom stereocenters. The summed E-state index contributed by atoms with van der Waals surface area (Å²) in [6.07, 6.45) is 2.24. The van der Waals surface area contributed by atoms with Gasteiger partial charge in [0.2, 0.25) is 0 Å². The molecule has 2 aromatic rings. The first-order valence-corrected chi connectivity index (χ1v) is 7.69. The molecular formula is C17H21N3O2. The van der Waals surface area contributed by atoms with E-state index in [-0.39, 0.29) is 5.91 Å². The summed E-state index contributed by atoms with van der Waals surface area (Å²) in [6, 6.07) is 7.62. The van der Waals surface area contributed by atoms with Crippen molar-refractivity contribution >= 4 is 11.6 Å². The van der Waals surface area contributed by atoms with Gasteiger partial charge >= 0.3 is 0 Å². The van der Waals surface area contributed by atoms with Crippen molar-refractivity contribution in [2.24, 2.45) is 5.73 Å². The number of aromatic nitrogens is 1. The van der Waals surface area contributed by atoms with Gasteiger partial charge in [-0.3, -0.25) is 4.79 Å². The Bertz CT molecular complexity index is 687. The van der Waals surface area contributed by atoms with E-state index in [1.54, 1.807) is 6.07 Å². The molecule has 1 aliphatic rings. The van der Waals surface area contributed by atoms with Crippen LogP contribution >= 0.6 is 0 Å². The molecule has 22 heavy (non-hydrogen) atoms. The molecule has 0 bridgehead atoms. The van der Waals surface area contributed by atoms with Crippen molar-refractivity contribution in [1.82, 2.24) is 5.16 Å². The van der Waals surface area contributed by atoms with Gasteiger partial charge in [-0.2, -0.15) is 0 Å². The Hall–Kier alpha value is -2.14. The van der Waals surface area contributed by atoms with Crippen LogP contribution in [0.15, 0.2) is 28.8 Å². The number of amides is 1. The second-order valence-corrected chi connectivity index (χ2v) is 6.12. The highest BCUT2D eigenvalue weighted by Gasteiger charge is 2.29. The van der Waals surface area contributed by atoms with Gasteiger partial charge in [0, 0.05) is 24.2 Å². The highest BCUT2D eigenvalue weighted by molar-refractivity contribution is 6.03. The maximum atomic E-state index is 12.3. The zero-order chi connectivity index (χ0) is 15.7. The van der Waals surface area contributed by atoms with Crippen LogP contribution in [-0.2, 0) is 6.54 Å². The predicted octanol–water partition coefficient (Wildman–Crippen LogP) is 3.39. The first-order chi connectivity index (χ1) is 10.6. The molecule has 1 fully saturated rings. The van der Waals surface area contributed by atoms with Crippen LogP contribution in [-0.4, -0.2) is 11.1 Å². The Kier molecular flexibility index (Phi) is 3.98. The van der Waals surface area contributed by atoms with Crippen LogP contribution in [0.2, 0.25) is 0 Å². The zero-order valence-electron chi connectivity index (χ0n) is 12.9. The summed E-state index contributed by atoms with van der Waals surface area (Å²) in [6.45, 7) is 4.67.